The van der Waals surface area contributed by atoms with E-state index in [1.54, 1.807) is 0 Å². The van der Waals surface area contributed by atoms with E-state index >= 15 is 0 Å². The molecule has 6 heteroatoms. The molecule has 3 heterocycles. The van der Waals surface area contributed by atoms with Crippen LogP contribution in [0.2, 0.25) is 0 Å². The molecule has 1 aliphatic heterocycles. The molecule has 4 aromatic rings. The Balaban J connectivity index is 1.46. The molecule has 0 saturated carbocycles. The first-order valence-corrected chi connectivity index (χ1v) is 10.8. The third kappa shape index (κ3) is 3.58. The number of amides is 1. The number of benzene rings is 2. The zero-order valence-electron chi connectivity index (χ0n) is 18.5. The number of fused-ring (bicyclic) bond motifs is 1. The largest absolute Gasteiger partial charge is 0.457 e. The predicted molar refractivity (Wildman–Crippen MR) is 123 cm³/mol. The van der Waals surface area contributed by atoms with Crippen LogP contribution in [-0.4, -0.2) is 25.2 Å². The van der Waals surface area contributed by atoms with E-state index in [-0.39, 0.29) is 11.4 Å². The van der Waals surface area contributed by atoms with E-state index in [4.69, 9.17) is 9.84 Å². The van der Waals surface area contributed by atoms with E-state index in [2.05, 4.69) is 30.0 Å². The molecule has 2 aromatic heterocycles. The van der Waals surface area contributed by atoms with Gasteiger partial charge < -0.3 is 14.2 Å². The summed E-state index contributed by atoms with van der Waals surface area (Å²) in [5, 5.41) is 4.91. The van der Waals surface area contributed by atoms with Gasteiger partial charge in [-0.25, -0.2) is 4.68 Å². The topological polar surface area (TPSA) is 52.3 Å². The van der Waals surface area contributed by atoms with Crippen LogP contribution >= 0.6 is 0 Å². The van der Waals surface area contributed by atoms with Crippen LogP contribution in [0.25, 0.3) is 5.82 Å². The van der Waals surface area contributed by atoms with Gasteiger partial charge in [0.15, 0.2) is 0 Å². The molecule has 1 amide bonds. The standard InChI is InChI=1S/C26H26N4O2/c1-26(2,3)30-24(28-15-9-10-16-28)21-17-29(18-22(21)27-30)25(31)20-13-7-8-14-23(20)32-19-11-5-4-6-12-19/h4-16H,17-18H2,1-3H3. The Hall–Kier alpha value is -3.80. The van der Waals surface area contributed by atoms with Gasteiger partial charge in [-0.15, -0.1) is 0 Å². The van der Waals surface area contributed by atoms with E-state index in [9.17, 15) is 4.79 Å². The van der Waals surface area contributed by atoms with E-state index in [0.29, 0.717) is 30.2 Å². The van der Waals surface area contributed by atoms with Gasteiger partial charge in [0.1, 0.15) is 17.3 Å². The maximum atomic E-state index is 13.5. The maximum absolute atomic E-state index is 13.5. The Morgan fingerprint density at radius 3 is 2.31 bits per heavy atom. The number of ether oxygens (including phenoxy) is 1. The zero-order chi connectivity index (χ0) is 22.3. The molecule has 6 nitrogen and oxygen atoms in total. The molecular formula is C26H26N4O2. The van der Waals surface area contributed by atoms with Gasteiger partial charge >= 0.3 is 0 Å². The van der Waals surface area contributed by atoms with Crippen molar-refractivity contribution in [2.75, 3.05) is 0 Å². The Morgan fingerprint density at radius 2 is 1.59 bits per heavy atom. The lowest BCUT2D eigenvalue weighted by atomic mass is 10.1. The molecular weight excluding hydrogens is 400 g/mol. The molecule has 0 aliphatic carbocycles. The second-order valence-electron chi connectivity index (χ2n) is 8.99. The molecule has 0 atom stereocenters. The predicted octanol–water partition coefficient (Wildman–Crippen LogP) is 5.38. The number of rotatable bonds is 4. The van der Waals surface area contributed by atoms with Gasteiger partial charge in [-0.3, -0.25) is 4.79 Å². The number of nitrogens with zero attached hydrogens (tertiary/aromatic N) is 4. The molecule has 0 saturated heterocycles. The van der Waals surface area contributed by atoms with Crippen LogP contribution in [0, 0.1) is 0 Å². The smallest absolute Gasteiger partial charge is 0.258 e. The van der Waals surface area contributed by atoms with Crippen molar-refractivity contribution in [2.45, 2.75) is 39.4 Å². The summed E-state index contributed by atoms with van der Waals surface area (Å²) < 4.78 is 10.2. The van der Waals surface area contributed by atoms with Gasteiger partial charge in [-0.05, 0) is 57.2 Å². The summed E-state index contributed by atoms with van der Waals surface area (Å²) in [6, 6.07) is 20.9. The number of para-hydroxylation sites is 2. The van der Waals surface area contributed by atoms with Gasteiger partial charge in [-0.1, -0.05) is 30.3 Å². The fourth-order valence-corrected chi connectivity index (χ4v) is 4.07. The molecule has 0 unspecified atom stereocenters. The third-order valence-electron chi connectivity index (χ3n) is 5.59. The van der Waals surface area contributed by atoms with Crippen LogP contribution in [0.1, 0.15) is 42.4 Å². The Labute approximate surface area is 187 Å². The molecule has 0 N–H and O–H groups in total. The SMILES string of the molecule is CC(C)(C)n1nc2c(c1-n1cccc1)CN(C(=O)c1ccccc1Oc1ccccc1)C2. The minimum absolute atomic E-state index is 0.0599. The lowest BCUT2D eigenvalue weighted by Crippen LogP contribution is -2.29. The van der Waals surface area contributed by atoms with Gasteiger partial charge in [0, 0.05) is 18.0 Å². The molecule has 2 aromatic carbocycles. The highest BCUT2D eigenvalue weighted by Crippen LogP contribution is 2.34. The molecule has 5 rings (SSSR count). The van der Waals surface area contributed by atoms with Crippen molar-refractivity contribution in [3.8, 4) is 17.3 Å². The maximum Gasteiger partial charge on any atom is 0.258 e. The fraction of sp³-hybridized carbons (Fsp3) is 0.231. The molecule has 0 bridgehead atoms. The number of hydrogen-bond acceptors (Lipinski definition) is 3. The normalized spacial score (nSPS) is 13.3. The average Bonchev–Trinajstić information content (AvgIpc) is 3.50. The second-order valence-corrected chi connectivity index (χ2v) is 8.99. The molecule has 162 valence electrons. The van der Waals surface area contributed by atoms with Crippen molar-refractivity contribution >= 4 is 5.91 Å². The van der Waals surface area contributed by atoms with Crippen LogP contribution < -0.4 is 4.74 Å². The number of hydrogen-bond donors (Lipinski definition) is 0. The summed E-state index contributed by atoms with van der Waals surface area (Å²) >= 11 is 0. The summed E-state index contributed by atoms with van der Waals surface area (Å²) in [5.74, 6) is 2.21. The van der Waals surface area contributed by atoms with Crippen LogP contribution in [0.5, 0.6) is 11.5 Å². The molecule has 0 spiro atoms. The van der Waals surface area contributed by atoms with E-state index < -0.39 is 0 Å². The quantitative estimate of drug-likeness (QED) is 0.440. The number of carbonyl (C=O) groups excluding carboxylic acids is 1. The van der Waals surface area contributed by atoms with Gasteiger partial charge in [0.25, 0.3) is 5.91 Å². The lowest BCUT2D eigenvalue weighted by Gasteiger charge is -2.25. The van der Waals surface area contributed by atoms with Gasteiger partial charge in [0.2, 0.25) is 0 Å². The Morgan fingerprint density at radius 1 is 0.906 bits per heavy atom. The average molecular weight is 427 g/mol. The molecule has 0 fully saturated rings. The summed E-state index contributed by atoms with van der Waals surface area (Å²) in [4.78, 5) is 15.3. The first kappa shape index (κ1) is 20.1. The summed E-state index contributed by atoms with van der Waals surface area (Å²) in [7, 11) is 0. The van der Waals surface area contributed by atoms with Gasteiger partial charge in [-0.2, -0.15) is 5.10 Å². The van der Waals surface area contributed by atoms with Crippen LogP contribution in [0.4, 0.5) is 0 Å². The Kier molecular flexibility index (Phi) is 4.85. The number of aromatic nitrogens is 3. The van der Waals surface area contributed by atoms with Crippen LogP contribution in [-0.2, 0) is 18.6 Å². The van der Waals surface area contributed by atoms with Crippen molar-refractivity contribution in [3.63, 3.8) is 0 Å². The van der Waals surface area contributed by atoms with Crippen molar-refractivity contribution in [3.05, 3.63) is 95.9 Å². The van der Waals surface area contributed by atoms with E-state index in [1.165, 1.54) is 0 Å². The monoisotopic (exact) mass is 426 g/mol. The first-order chi connectivity index (χ1) is 15.4. The highest BCUT2D eigenvalue weighted by Gasteiger charge is 2.34. The zero-order valence-corrected chi connectivity index (χ0v) is 18.5. The minimum atomic E-state index is -0.172. The van der Waals surface area contributed by atoms with Crippen molar-refractivity contribution in [1.82, 2.24) is 19.2 Å². The van der Waals surface area contributed by atoms with Crippen molar-refractivity contribution in [2.24, 2.45) is 0 Å². The van der Waals surface area contributed by atoms with Crippen LogP contribution in [0.3, 0.4) is 0 Å². The van der Waals surface area contributed by atoms with Crippen LogP contribution in [0.15, 0.2) is 79.1 Å². The summed E-state index contributed by atoms with van der Waals surface area (Å²) in [5.41, 5.74) is 2.41. The van der Waals surface area contributed by atoms with Crippen molar-refractivity contribution in [1.29, 1.82) is 0 Å². The second kappa shape index (κ2) is 7.71. The minimum Gasteiger partial charge on any atom is -0.457 e. The first-order valence-electron chi connectivity index (χ1n) is 10.8. The highest BCUT2D eigenvalue weighted by atomic mass is 16.5. The molecule has 1 aliphatic rings. The summed E-state index contributed by atoms with van der Waals surface area (Å²) in [6.45, 7) is 7.41. The van der Waals surface area contributed by atoms with Gasteiger partial charge in [0.05, 0.1) is 29.9 Å². The molecule has 0 radical (unpaired) electrons. The lowest BCUT2D eigenvalue weighted by molar-refractivity contribution is 0.0745. The third-order valence-corrected chi connectivity index (χ3v) is 5.59. The Bertz CT molecular complexity index is 1250. The fourth-order valence-electron chi connectivity index (χ4n) is 4.07. The number of carbonyl (C=O) groups is 1. The molecule has 32 heavy (non-hydrogen) atoms. The highest BCUT2D eigenvalue weighted by molar-refractivity contribution is 5.97. The summed E-state index contributed by atoms with van der Waals surface area (Å²) in [6.07, 6.45) is 4.04. The van der Waals surface area contributed by atoms with E-state index in [1.807, 2.05) is 84.0 Å². The van der Waals surface area contributed by atoms with Crippen molar-refractivity contribution < 1.29 is 9.53 Å². The van der Waals surface area contributed by atoms with E-state index in [0.717, 1.165) is 17.1 Å².